The first kappa shape index (κ1) is 23.8. The van der Waals surface area contributed by atoms with Crippen LogP contribution in [0.15, 0.2) is 64.1 Å². The molecule has 32 heavy (non-hydrogen) atoms. The predicted octanol–water partition coefficient (Wildman–Crippen LogP) is 4.78. The molecule has 0 bridgehead atoms. The van der Waals surface area contributed by atoms with Crippen molar-refractivity contribution in [2.24, 2.45) is 0 Å². The van der Waals surface area contributed by atoms with Crippen molar-refractivity contribution in [3.8, 4) is 5.75 Å². The molecule has 0 unspecified atom stereocenters. The van der Waals surface area contributed by atoms with Crippen molar-refractivity contribution in [2.75, 3.05) is 18.5 Å². The van der Waals surface area contributed by atoms with Crippen LogP contribution in [0.2, 0.25) is 5.02 Å². The van der Waals surface area contributed by atoms with Gasteiger partial charge in [0.05, 0.1) is 41.6 Å². The van der Waals surface area contributed by atoms with Crippen LogP contribution < -0.4 is 10.1 Å². The number of carbonyl (C=O) groups excluding carboxylic acids is 1. The van der Waals surface area contributed by atoms with Gasteiger partial charge in [-0.2, -0.15) is 4.31 Å². The maximum Gasteiger partial charge on any atom is 0.243 e. The van der Waals surface area contributed by atoms with Crippen LogP contribution in [-0.2, 0) is 21.4 Å². The van der Waals surface area contributed by atoms with Crippen LogP contribution in [0.25, 0.3) is 0 Å². The van der Waals surface area contributed by atoms with Gasteiger partial charge >= 0.3 is 0 Å². The lowest BCUT2D eigenvalue weighted by molar-refractivity contribution is -0.116. The molecule has 0 saturated heterocycles. The van der Waals surface area contributed by atoms with Gasteiger partial charge < -0.3 is 14.5 Å². The number of rotatable bonds is 9. The first-order chi connectivity index (χ1) is 15.2. The average molecular weight is 477 g/mol. The van der Waals surface area contributed by atoms with E-state index in [4.69, 9.17) is 20.8 Å². The zero-order valence-corrected chi connectivity index (χ0v) is 19.7. The van der Waals surface area contributed by atoms with Gasteiger partial charge in [0.25, 0.3) is 0 Å². The summed E-state index contributed by atoms with van der Waals surface area (Å²) in [4.78, 5) is 12.9. The van der Waals surface area contributed by atoms with Crippen molar-refractivity contribution < 1.29 is 22.4 Å². The minimum absolute atomic E-state index is 0.0462. The molecular formula is C23H25ClN2O5S. The highest BCUT2D eigenvalue weighted by Crippen LogP contribution is 2.28. The fraction of sp³-hybridized carbons (Fsp3) is 0.261. The molecule has 3 rings (SSSR count). The van der Waals surface area contributed by atoms with Gasteiger partial charge in [-0.15, -0.1) is 0 Å². The van der Waals surface area contributed by atoms with Crippen LogP contribution in [0.4, 0.5) is 5.69 Å². The summed E-state index contributed by atoms with van der Waals surface area (Å²) in [6.45, 7) is 5.52. The first-order valence-electron chi connectivity index (χ1n) is 10.0. The minimum Gasteiger partial charge on any atom is -0.494 e. The zero-order valence-electron chi connectivity index (χ0n) is 18.1. The molecule has 0 aliphatic carbocycles. The molecule has 1 N–H and O–H groups in total. The fourth-order valence-electron chi connectivity index (χ4n) is 3.24. The predicted molar refractivity (Wildman–Crippen MR) is 123 cm³/mol. The summed E-state index contributed by atoms with van der Waals surface area (Å²) in [5, 5.41) is 3.13. The van der Waals surface area contributed by atoms with Crippen LogP contribution in [0.1, 0.15) is 23.8 Å². The van der Waals surface area contributed by atoms with E-state index >= 15 is 0 Å². The molecule has 2 aromatic carbocycles. The number of sulfonamides is 1. The van der Waals surface area contributed by atoms with E-state index in [0.717, 1.165) is 15.4 Å². The molecule has 0 aliphatic rings. The van der Waals surface area contributed by atoms with Crippen LogP contribution in [0.5, 0.6) is 5.75 Å². The molecule has 0 saturated carbocycles. The molecule has 1 aromatic heterocycles. The number of hydrogen-bond acceptors (Lipinski definition) is 5. The summed E-state index contributed by atoms with van der Waals surface area (Å²) in [5.74, 6) is 0.461. The normalized spacial score (nSPS) is 11.5. The third kappa shape index (κ3) is 5.70. The van der Waals surface area contributed by atoms with Gasteiger partial charge in [0.15, 0.2) is 0 Å². The van der Waals surface area contributed by atoms with Crippen molar-refractivity contribution in [3.63, 3.8) is 0 Å². The van der Waals surface area contributed by atoms with E-state index in [1.165, 1.54) is 18.4 Å². The lowest BCUT2D eigenvalue weighted by Crippen LogP contribution is -2.37. The lowest BCUT2D eigenvalue weighted by Gasteiger charge is -2.21. The van der Waals surface area contributed by atoms with Gasteiger partial charge in [0.2, 0.25) is 15.9 Å². The second-order valence-electron chi connectivity index (χ2n) is 7.24. The van der Waals surface area contributed by atoms with Crippen molar-refractivity contribution >= 4 is 33.2 Å². The van der Waals surface area contributed by atoms with Gasteiger partial charge in [0, 0.05) is 0 Å². The highest BCUT2D eigenvalue weighted by molar-refractivity contribution is 7.89. The number of benzene rings is 2. The molecule has 9 heteroatoms. The molecular weight excluding hydrogens is 452 g/mol. The largest absolute Gasteiger partial charge is 0.494 e. The monoisotopic (exact) mass is 476 g/mol. The molecule has 0 spiro atoms. The molecule has 0 atom stereocenters. The van der Waals surface area contributed by atoms with E-state index in [2.05, 4.69) is 5.32 Å². The molecule has 0 radical (unpaired) electrons. The molecule has 170 valence electrons. The van der Waals surface area contributed by atoms with Crippen molar-refractivity contribution in [2.45, 2.75) is 32.2 Å². The van der Waals surface area contributed by atoms with Crippen molar-refractivity contribution in [3.05, 3.63) is 76.7 Å². The number of amides is 1. The van der Waals surface area contributed by atoms with Crippen molar-refractivity contribution in [1.82, 2.24) is 4.31 Å². The summed E-state index contributed by atoms with van der Waals surface area (Å²) in [6.07, 6.45) is 1.45. The first-order valence-corrected chi connectivity index (χ1v) is 11.8. The zero-order chi connectivity index (χ0) is 23.3. The standard InChI is InChI=1S/C23H25ClN2O5S/c1-4-30-18-7-9-20(10-8-18)32(28,29)26(14-19-6-5-11-31-19)15-22(27)25-23-17(3)12-16(2)13-21(23)24/h5-13H,4,14-15H2,1-3H3,(H,25,27). The minimum atomic E-state index is -4.00. The Bertz CT molecular complexity index is 1150. The van der Waals surface area contributed by atoms with Crippen LogP contribution in [-0.4, -0.2) is 31.8 Å². The van der Waals surface area contributed by atoms with Crippen molar-refractivity contribution in [1.29, 1.82) is 0 Å². The second kappa shape index (κ2) is 10.2. The Balaban J connectivity index is 1.86. The Kier molecular flexibility index (Phi) is 7.60. The number of furan rings is 1. The Morgan fingerprint density at radius 1 is 1.16 bits per heavy atom. The smallest absolute Gasteiger partial charge is 0.243 e. The summed E-state index contributed by atoms with van der Waals surface area (Å²) in [7, 11) is -4.00. The lowest BCUT2D eigenvalue weighted by atomic mass is 10.1. The highest BCUT2D eigenvalue weighted by atomic mass is 35.5. The van der Waals surface area contributed by atoms with E-state index in [1.54, 1.807) is 30.3 Å². The van der Waals surface area contributed by atoms with E-state index in [0.29, 0.717) is 28.8 Å². The van der Waals surface area contributed by atoms with E-state index in [9.17, 15) is 13.2 Å². The van der Waals surface area contributed by atoms with E-state index < -0.39 is 22.5 Å². The number of halogens is 1. The summed E-state index contributed by atoms with van der Waals surface area (Å²) in [6, 6.07) is 13.0. The van der Waals surface area contributed by atoms with Gasteiger partial charge in [-0.25, -0.2) is 8.42 Å². The Hall–Kier alpha value is -2.81. The number of aryl methyl sites for hydroxylation is 2. The third-order valence-electron chi connectivity index (χ3n) is 4.70. The summed E-state index contributed by atoms with van der Waals surface area (Å²) >= 11 is 6.28. The number of nitrogens with one attached hydrogen (secondary N) is 1. The molecule has 7 nitrogen and oxygen atoms in total. The quantitative estimate of drug-likeness (QED) is 0.480. The average Bonchev–Trinajstić information content (AvgIpc) is 3.24. The number of anilines is 1. The number of hydrogen-bond donors (Lipinski definition) is 1. The number of nitrogens with zero attached hydrogens (tertiary/aromatic N) is 1. The fourth-order valence-corrected chi connectivity index (χ4v) is 4.97. The number of ether oxygens (including phenoxy) is 1. The molecule has 1 heterocycles. The van der Waals surface area contributed by atoms with Gasteiger partial charge in [0.1, 0.15) is 11.5 Å². The maximum atomic E-state index is 13.3. The topological polar surface area (TPSA) is 88.9 Å². The Morgan fingerprint density at radius 3 is 2.47 bits per heavy atom. The third-order valence-corrected chi connectivity index (χ3v) is 6.80. The Morgan fingerprint density at radius 2 is 1.88 bits per heavy atom. The van der Waals surface area contributed by atoms with Gasteiger partial charge in [-0.1, -0.05) is 17.7 Å². The van der Waals surface area contributed by atoms with Gasteiger partial charge in [-0.05, 0) is 74.4 Å². The molecule has 0 fully saturated rings. The molecule has 3 aromatic rings. The maximum absolute atomic E-state index is 13.3. The van der Waals surface area contributed by atoms with Crippen LogP contribution in [0, 0.1) is 13.8 Å². The Labute approximate surface area is 193 Å². The van der Waals surface area contributed by atoms with Gasteiger partial charge in [-0.3, -0.25) is 4.79 Å². The molecule has 1 amide bonds. The summed E-state index contributed by atoms with van der Waals surface area (Å²) < 4.78 is 38.4. The SMILES string of the molecule is CCOc1ccc(S(=O)(=O)N(CC(=O)Nc2c(C)cc(C)cc2Cl)Cc2ccco2)cc1. The van der Waals surface area contributed by atoms with Crippen LogP contribution in [0.3, 0.4) is 0 Å². The van der Waals surface area contributed by atoms with E-state index in [1.807, 2.05) is 26.8 Å². The number of carbonyl (C=O) groups is 1. The highest BCUT2D eigenvalue weighted by Gasteiger charge is 2.28. The van der Waals surface area contributed by atoms with E-state index in [-0.39, 0.29) is 11.4 Å². The van der Waals surface area contributed by atoms with Crippen LogP contribution >= 0.6 is 11.6 Å². The molecule has 0 aliphatic heterocycles. The second-order valence-corrected chi connectivity index (χ2v) is 9.59. The summed E-state index contributed by atoms with van der Waals surface area (Å²) in [5.41, 5.74) is 2.21.